The van der Waals surface area contributed by atoms with Gasteiger partial charge in [-0.3, -0.25) is 10.1 Å². The number of amidine groups is 1. The molecule has 0 fully saturated rings. The summed E-state index contributed by atoms with van der Waals surface area (Å²) in [5.41, 5.74) is 2.86. The number of rotatable bonds is 4. The fourth-order valence-electron chi connectivity index (χ4n) is 2.71. The van der Waals surface area contributed by atoms with Crippen molar-refractivity contribution < 1.29 is 4.39 Å². The summed E-state index contributed by atoms with van der Waals surface area (Å²) >= 11 is 0. The second kappa shape index (κ2) is 7.72. The van der Waals surface area contributed by atoms with Gasteiger partial charge in [0, 0.05) is 17.0 Å². The maximum atomic E-state index is 13.4. The van der Waals surface area contributed by atoms with Crippen LogP contribution in [-0.2, 0) is 6.42 Å². The molecule has 0 saturated carbocycles. The van der Waals surface area contributed by atoms with Crippen molar-refractivity contribution in [2.24, 2.45) is 15.2 Å². The Morgan fingerprint density at radius 3 is 2.68 bits per heavy atom. The van der Waals surface area contributed by atoms with Crippen molar-refractivity contribution in [1.29, 1.82) is 0 Å². The average molecular weight is 356 g/mol. The van der Waals surface area contributed by atoms with Crippen molar-refractivity contribution in [3.8, 4) is 0 Å². The van der Waals surface area contributed by atoms with Gasteiger partial charge in [-0.2, -0.15) is 5.10 Å². The third-order valence-corrected chi connectivity index (χ3v) is 5.20. The number of hydrazone groups is 1. The third-order valence-electron chi connectivity index (χ3n) is 3.88. The topological polar surface area (TPSA) is 54.0 Å². The zero-order chi connectivity index (χ0) is 17.8. The fourth-order valence-corrected chi connectivity index (χ4v) is 3.43. The molecule has 1 unspecified atom stereocenters. The highest BCUT2D eigenvalue weighted by Crippen LogP contribution is 2.24. The van der Waals surface area contributed by atoms with E-state index in [0.717, 1.165) is 21.9 Å². The number of aliphatic imine (C=N–C) groups is 1. The molecule has 0 saturated heterocycles. The highest BCUT2D eigenvalue weighted by Gasteiger charge is 2.15. The summed E-state index contributed by atoms with van der Waals surface area (Å²) in [4.78, 5) is 5.62. The van der Waals surface area contributed by atoms with Gasteiger partial charge in [0.15, 0.2) is 0 Å². The van der Waals surface area contributed by atoms with E-state index >= 15 is 0 Å². The lowest BCUT2D eigenvalue weighted by molar-refractivity contribution is 0.626. The number of anilines is 1. The van der Waals surface area contributed by atoms with Gasteiger partial charge in [-0.25, -0.2) is 9.38 Å². The van der Waals surface area contributed by atoms with Crippen molar-refractivity contribution in [3.05, 3.63) is 59.9 Å². The van der Waals surface area contributed by atoms with Crippen molar-refractivity contribution >= 4 is 33.3 Å². The summed E-state index contributed by atoms with van der Waals surface area (Å²) in [6.07, 6.45) is 0.607. The molecule has 130 valence electrons. The Morgan fingerprint density at radius 2 is 2.00 bits per heavy atom. The van der Waals surface area contributed by atoms with Gasteiger partial charge in [0.05, 0.1) is 12.2 Å². The summed E-state index contributed by atoms with van der Waals surface area (Å²) < 4.78 is 13.4. The first kappa shape index (κ1) is 17.5. The molecule has 0 amide bonds. The standard InChI is InChI=1S/C19H21FN4S/c1-3-25(21)19-9-7-18(8-10-19)24-13-17(22-14(2)23-24)12-15-5-4-6-16(20)11-15/h3-11H,12-13,21H2,1-2H3. The summed E-state index contributed by atoms with van der Waals surface area (Å²) in [5, 5.41) is 14.5. The molecule has 2 aromatic carbocycles. The van der Waals surface area contributed by atoms with Crippen molar-refractivity contribution in [3.63, 3.8) is 0 Å². The molecule has 0 aromatic heterocycles. The molecule has 0 spiro atoms. The van der Waals surface area contributed by atoms with Crippen LogP contribution in [0.4, 0.5) is 10.1 Å². The zero-order valence-electron chi connectivity index (χ0n) is 14.3. The number of benzene rings is 2. The number of halogens is 1. The van der Waals surface area contributed by atoms with Crippen molar-refractivity contribution in [1.82, 2.24) is 0 Å². The molecular formula is C19H21FN4S. The molecular weight excluding hydrogens is 335 g/mol. The molecule has 6 heteroatoms. The van der Waals surface area contributed by atoms with E-state index in [2.05, 4.69) is 10.1 Å². The smallest absolute Gasteiger partial charge is 0.145 e. The molecule has 1 heterocycles. The first-order valence-corrected chi connectivity index (χ1v) is 9.41. The maximum absolute atomic E-state index is 13.4. The quantitative estimate of drug-likeness (QED) is 0.842. The molecule has 0 aliphatic carbocycles. The Bertz CT molecular complexity index is 856. The molecule has 0 radical (unpaired) electrons. The minimum absolute atomic E-state index is 0.225. The highest BCUT2D eigenvalue weighted by atomic mass is 32.2. The predicted molar refractivity (Wildman–Crippen MR) is 106 cm³/mol. The predicted octanol–water partition coefficient (Wildman–Crippen LogP) is 3.99. The Labute approximate surface area is 149 Å². The van der Waals surface area contributed by atoms with Crippen molar-refractivity contribution in [2.75, 3.05) is 11.6 Å². The summed E-state index contributed by atoms with van der Waals surface area (Å²) in [6.45, 7) is 4.42. The number of hydrogen-bond acceptors (Lipinski definition) is 4. The Morgan fingerprint density at radius 1 is 1.24 bits per heavy atom. The van der Waals surface area contributed by atoms with Crippen LogP contribution in [0.5, 0.6) is 0 Å². The van der Waals surface area contributed by atoms with Gasteiger partial charge in [-0.1, -0.05) is 22.8 Å². The van der Waals surface area contributed by atoms with Crippen LogP contribution in [0.2, 0.25) is 0 Å². The van der Waals surface area contributed by atoms with Gasteiger partial charge in [0.25, 0.3) is 0 Å². The monoisotopic (exact) mass is 356 g/mol. The second-order valence-electron chi connectivity index (χ2n) is 5.79. The van der Waals surface area contributed by atoms with E-state index in [0.29, 0.717) is 18.8 Å². The van der Waals surface area contributed by atoms with E-state index in [1.54, 1.807) is 12.1 Å². The van der Waals surface area contributed by atoms with E-state index in [9.17, 15) is 4.39 Å². The van der Waals surface area contributed by atoms with Gasteiger partial charge in [0.1, 0.15) is 11.7 Å². The molecule has 2 aromatic rings. The average Bonchev–Trinajstić information content (AvgIpc) is 2.60. The van der Waals surface area contributed by atoms with Crippen molar-refractivity contribution in [2.45, 2.75) is 25.2 Å². The Hall–Kier alpha value is -2.31. The molecule has 4 nitrogen and oxygen atoms in total. The van der Waals surface area contributed by atoms with Gasteiger partial charge in [-0.05, 0) is 61.2 Å². The van der Waals surface area contributed by atoms with Crippen LogP contribution in [0.1, 0.15) is 19.4 Å². The van der Waals surface area contributed by atoms with E-state index in [1.165, 1.54) is 6.07 Å². The van der Waals surface area contributed by atoms with Gasteiger partial charge in [-0.15, -0.1) is 0 Å². The Balaban J connectivity index is 1.77. The largest absolute Gasteiger partial charge is 0.280 e. The first-order valence-electron chi connectivity index (χ1n) is 8.06. The molecule has 1 aliphatic heterocycles. The molecule has 0 bridgehead atoms. The van der Waals surface area contributed by atoms with Crippen LogP contribution in [0.25, 0.3) is 0 Å². The van der Waals surface area contributed by atoms with Gasteiger partial charge >= 0.3 is 0 Å². The molecule has 25 heavy (non-hydrogen) atoms. The normalized spacial score (nSPS) is 15.8. The minimum Gasteiger partial charge on any atom is -0.280 e. The SMILES string of the molecule is C/C=S(\N)c1ccc(N2CC(Cc3cccc(F)c3)=NC(C)=N2)cc1. The van der Waals surface area contributed by atoms with Crippen LogP contribution >= 0.6 is 10.7 Å². The van der Waals surface area contributed by atoms with Crippen LogP contribution in [0.3, 0.4) is 0 Å². The van der Waals surface area contributed by atoms with E-state index in [1.807, 2.05) is 54.6 Å². The fraction of sp³-hybridized carbons (Fsp3) is 0.211. The van der Waals surface area contributed by atoms with Crippen LogP contribution in [-0.4, -0.2) is 23.5 Å². The highest BCUT2D eigenvalue weighted by molar-refractivity contribution is 8.13. The minimum atomic E-state index is -0.335. The lowest BCUT2D eigenvalue weighted by Gasteiger charge is -2.24. The molecule has 3 rings (SSSR count). The van der Waals surface area contributed by atoms with Crippen LogP contribution < -0.4 is 10.1 Å². The lowest BCUT2D eigenvalue weighted by Crippen LogP contribution is -2.31. The summed E-state index contributed by atoms with van der Waals surface area (Å²) in [7, 11) is -0.335. The summed E-state index contributed by atoms with van der Waals surface area (Å²) in [5.74, 6) is 0.471. The van der Waals surface area contributed by atoms with E-state index < -0.39 is 0 Å². The second-order valence-corrected chi connectivity index (χ2v) is 7.48. The molecule has 1 atom stereocenters. The number of nitrogens with two attached hydrogens (primary N) is 1. The third kappa shape index (κ3) is 4.41. The summed E-state index contributed by atoms with van der Waals surface area (Å²) in [6, 6.07) is 14.7. The Kier molecular flexibility index (Phi) is 5.40. The number of hydrogen-bond donors (Lipinski definition) is 1. The van der Waals surface area contributed by atoms with Gasteiger partial charge < -0.3 is 0 Å². The van der Waals surface area contributed by atoms with E-state index in [4.69, 9.17) is 5.14 Å². The molecule has 1 aliphatic rings. The van der Waals surface area contributed by atoms with Crippen LogP contribution in [0.15, 0.2) is 63.5 Å². The zero-order valence-corrected chi connectivity index (χ0v) is 15.1. The van der Waals surface area contributed by atoms with Gasteiger partial charge in [0.2, 0.25) is 0 Å². The molecule has 2 N–H and O–H groups in total. The van der Waals surface area contributed by atoms with Crippen LogP contribution in [0, 0.1) is 5.82 Å². The van der Waals surface area contributed by atoms with E-state index in [-0.39, 0.29) is 16.5 Å². The number of nitrogens with zero attached hydrogens (tertiary/aromatic N) is 3. The lowest BCUT2D eigenvalue weighted by atomic mass is 10.1. The first-order chi connectivity index (χ1) is 12.0. The maximum Gasteiger partial charge on any atom is 0.145 e.